The van der Waals surface area contributed by atoms with Gasteiger partial charge in [-0.3, -0.25) is 14.9 Å². The Kier molecular flexibility index (Phi) is 11.9. The van der Waals surface area contributed by atoms with Gasteiger partial charge in [0.1, 0.15) is 0 Å². The Balaban J connectivity index is 0.00000300. The molecule has 7 heteroatoms. The first-order chi connectivity index (χ1) is 13.8. The molecule has 1 aliphatic carbocycles. The van der Waals surface area contributed by atoms with Crippen LogP contribution in [0.3, 0.4) is 0 Å². The van der Waals surface area contributed by atoms with Crippen LogP contribution in [0, 0.1) is 0 Å². The van der Waals surface area contributed by atoms with E-state index in [9.17, 15) is 0 Å². The molecule has 0 spiro atoms. The minimum absolute atomic E-state index is 0. The highest BCUT2D eigenvalue weighted by Gasteiger charge is 2.20. The van der Waals surface area contributed by atoms with E-state index in [0.29, 0.717) is 12.1 Å². The van der Waals surface area contributed by atoms with Gasteiger partial charge in [-0.15, -0.1) is 24.0 Å². The average molecular weight is 515 g/mol. The molecule has 2 fully saturated rings. The molecule has 2 aliphatic rings. The highest BCUT2D eigenvalue weighted by molar-refractivity contribution is 14.0. The number of piperidine rings is 1. The predicted octanol–water partition coefficient (Wildman–Crippen LogP) is 3.57. The van der Waals surface area contributed by atoms with Gasteiger partial charge < -0.3 is 15.4 Å². The van der Waals surface area contributed by atoms with Crippen molar-refractivity contribution in [1.29, 1.82) is 0 Å². The van der Waals surface area contributed by atoms with Crippen LogP contribution in [0.25, 0.3) is 0 Å². The zero-order chi connectivity index (χ0) is 19.4. The van der Waals surface area contributed by atoms with E-state index in [-0.39, 0.29) is 24.0 Å². The van der Waals surface area contributed by atoms with Gasteiger partial charge in [-0.2, -0.15) is 0 Å². The van der Waals surface area contributed by atoms with Gasteiger partial charge in [0.05, 0.1) is 18.4 Å². The van der Waals surface area contributed by atoms with E-state index >= 15 is 0 Å². The van der Waals surface area contributed by atoms with Gasteiger partial charge >= 0.3 is 0 Å². The second-order valence-corrected chi connectivity index (χ2v) is 8.00. The van der Waals surface area contributed by atoms with Crippen LogP contribution in [0.2, 0.25) is 0 Å². The molecule has 1 saturated carbocycles. The van der Waals surface area contributed by atoms with Gasteiger partial charge in [0.2, 0.25) is 0 Å². The van der Waals surface area contributed by atoms with Crippen LogP contribution < -0.4 is 10.6 Å². The summed E-state index contributed by atoms with van der Waals surface area (Å²) in [6.45, 7) is 4.70. The number of nitrogens with zero attached hydrogens (tertiary/aromatic N) is 3. The van der Waals surface area contributed by atoms with Crippen LogP contribution in [0.15, 0.2) is 29.4 Å². The maximum absolute atomic E-state index is 6.06. The third-order valence-electron chi connectivity index (χ3n) is 5.81. The average Bonchev–Trinajstić information content (AvgIpc) is 3.01. The van der Waals surface area contributed by atoms with Crippen LogP contribution in [-0.2, 0) is 11.3 Å². The molecule has 1 aromatic rings. The topological polar surface area (TPSA) is 61.8 Å². The van der Waals surface area contributed by atoms with E-state index in [1.165, 1.54) is 38.5 Å². The summed E-state index contributed by atoms with van der Waals surface area (Å²) in [7, 11) is 1.84. The summed E-state index contributed by atoms with van der Waals surface area (Å²) < 4.78 is 6.06. The zero-order valence-electron chi connectivity index (χ0n) is 17.8. The third-order valence-corrected chi connectivity index (χ3v) is 5.81. The van der Waals surface area contributed by atoms with E-state index in [1.807, 2.05) is 19.3 Å². The lowest BCUT2D eigenvalue weighted by Gasteiger charge is -2.32. The first-order valence-electron chi connectivity index (χ1n) is 11.0. The van der Waals surface area contributed by atoms with Crippen molar-refractivity contribution in [2.24, 2.45) is 4.99 Å². The highest BCUT2D eigenvalue weighted by Crippen LogP contribution is 2.19. The molecular weight excluding hydrogens is 477 g/mol. The summed E-state index contributed by atoms with van der Waals surface area (Å²) in [5.41, 5.74) is 1.15. The Morgan fingerprint density at radius 2 is 1.90 bits per heavy atom. The molecule has 164 valence electrons. The van der Waals surface area contributed by atoms with Crippen molar-refractivity contribution in [2.75, 3.05) is 33.3 Å². The summed E-state index contributed by atoms with van der Waals surface area (Å²) in [6.07, 6.45) is 12.4. The number of likely N-dealkylation sites (tertiary alicyclic amines) is 1. The van der Waals surface area contributed by atoms with E-state index in [2.05, 4.69) is 37.6 Å². The molecule has 0 radical (unpaired) electrons. The first-order valence-corrected chi connectivity index (χ1v) is 11.0. The van der Waals surface area contributed by atoms with Gasteiger partial charge in [-0.05, 0) is 37.8 Å². The smallest absolute Gasteiger partial charge is 0.191 e. The van der Waals surface area contributed by atoms with Crippen molar-refractivity contribution >= 4 is 29.9 Å². The number of halogens is 1. The maximum atomic E-state index is 6.06. The fraction of sp³-hybridized carbons (Fsp3) is 0.727. The van der Waals surface area contributed by atoms with E-state index in [0.717, 1.165) is 57.3 Å². The number of nitrogens with one attached hydrogen (secondary N) is 2. The van der Waals surface area contributed by atoms with E-state index in [4.69, 9.17) is 4.74 Å². The Hall–Kier alpha value is -0.930. The molecule has 29 heavy (non-hydrogen) atoms. The number of ether oxygens (including phenoxy) is 1. The number of aromatic nitrogens is 1. The quantitative estimate of drug-likeness (QED) is 0.191. The standard InChI is InChI=1S/C22H37N5O.HI/c1-23-22(25-14-17-28-21-9-4-2-3-5-10-21)26-19-11-15-27(16-12-19)18-20-8-6-7-13-24-20;/h6-8,13,19,21H,2-5,9-12,14-18H2,1H3,(H2,23,25,26);1H. The van der Waals surface area contributed by atoms with Gasteiger partial charge in [-0.1, -0.05) is 31.7 Å². The van der Waals surface area contributed by atoms with E-state index < -0.39 is 0 Å². The summed E-state index contributed by atoms with van der Waals surface area (Å²) in [6, 6.07) is 6.62. The van der Waals surface area contributed by atoms with Crippen molar-refractivity contribution in [3.8, 4) is 0 Å². The SMILES string of the molecule is CN=C(NCCOC1CCCCCC1)NC1CCN(Cc2ccccn2)CC1.I. The molecule has 6 nitrogen and oxygen atoms in total. The van der Waals surface area contributed by atoms with Gasteiger partial charge in [0.15, 0.2) is 5.96 Å². The molecule has 2 N–H and O–H groups in total. The number of aliphatic imine (C=N–C) groups is 1. The number of pyridine rings is 1. The molecular formula is C22H38IN5O. The normalized spacial score (nSPS) is 20.0. The summed E-state index contributed by atoms with van der Waals surface area (Å²) in [5.74, 6) is 0.896. The number of rotatable bonds is 7. The molecule has 0 bridgehead atoms. The molecule has 1 aliphatic heterocycles. The summed E-state index contributed by atoms with van der Waals surface area (Å²) in [5, 5.41) is 6.99. The lowest BCUT2D eigenvalue weighted by atomic mass is 10.1. The van der Waals surface area contributed by atoms with Crippen LogP contribution in [0.5, 0.6) is 0 Å². The molecule has 0 aromatic carbocycles. The molecule has 0 unspecified atom stereocenters. The van der Waals surface area contributed by atoms with Gasteiger partial charge in [0, 0.05) is 45.5 Å². The summed E-state index contributed by atoms with van der Waals surface area (Å²) in [4.78, 5) is 11.3. The summed E-state index contributed by atoms with van der Waals surface area (Å²) >= 11 is 0. The van der Waals surface area contributed by atoms with Crippen LogP contribution >= 0.6 is 24.0 Å². The zero-order valence-corrected chi connectivity index (χ0v) is 20.1. The van der Waals surface area contributed by atoms with Crippen molar-refractivity contribution in [1.82, 2.24) is 20.5 Å². The highest BCUT2D eigenvalue weighted by atomic mass is 127. The first kappa shape index (κ1) is 24.3. The fourth-order valence-corrected chi connectivity index (χ4v) is 4.15. The molecule has 0 amide bonds. The minimum Gasteiger partial charge on any atom is -0.376 e. The second-order valence-electron chi connectivity index (χ2n) is 8.00. The van der Waals surface area contributed by atoms with Crippen LogP contribution in [0.4, 0.5) is 0 Å². The second kappa shape index (κ2) is 14.1. The Bertz CT molecular complexity index is 570. The molecule has 1 saturated heterocycles. The fourth-order valence-electron chi connectivity index (χ4n) is 4.15. The van der Waals surface area contributed by atoms with Crippen LogP contribution in [-0.4, -0.2) is 61.3 Å². The van der Waals surface area contributed by atoms with Crippen molar-refractivity contribution in [3.63, 3.8) is 0 Å². The largest absolute Gasteiger partial charge is 0.376 e. The molecule has 1 aromatic heterocycles. The molecule has 3 rings (SSSR count). The monoisotopic (exact) mass is 515 g/mol. The Labute approximate surface area is 193 Å². The lowest BCUT2D eigenvalue weighted by molar-refractivity contribution is 0.0467. The molecule has 2 heterocycles. The van der Waals surface area contributed by atoms with Gasteiger partial charge in [-0.25, -0.2) is 0 Å². The Morgan fingerprint density at radius 3 is 2.55 bits per heavy atom. The van der Waals surface area contributed by atoms with Crippen molar-refractivity contribution in [2.45, 2.75) is 70.1 Å². The lowest BCUT2D eigenvalue weighted by Crippen LogP contribution is -2.49. The van der Waals surface area contributed by atoms with Crippen molar-refractivity contribution in [3.05, 3.63) is 30.1 Å². The van der Waals surface area contributed by atoms with Crippen LogP contribution in [0.1, 0.15) is 57.1 Å². The predicted molar refractivity (Wildman–Crippen MR) is 130 cm³/mol. The van der Waals surface area contributed by atoms with Crippen molar-refractivity contribution < 1.29 is 4.74 Å². The minimum atomic E-state index is 0. The molecule has 0 atom stereocenters. The number of guanidine groups is 1. The Morgan fingerprint density at radius 1 is 1.14 bits per heavy atom. The number of hydrogen-bond acceptors (Lipinski definition) is 4. The maximum Gasteiger partial charge on any atom is 0.191 e. The number of hydrogen-bond donors (Lipinski definition) is 2. The third kappa shape index (κ3) is 9.17. The van der Waals surface area contributed by atoms with Gasteiger partial charge in [0.25, 0.3) is 0 Å². The van der Waals surface area contributed by atoms with E-state index in [1.54, 1.807) is 0 Å².